The second-order valence-electron chi connectivity index (χ2n) is 5.39. The van der Waals surface area contributed by atoms with Gasteiger partial charge in [0.25, 0.3) is 5.91 Å². The van der Waals surface area contributed by atoms with Crippen LogP contribution in [0.5, 0.6) is 0 Å². The third kappa shape index (κ3) is 2.67. The topological polar surface area (TPSA) is 48.7 Å². The number of carbonyl (C=O) groups is 1. The first-order chi connectivity index (χ1) is 9.29. The Hall–Kier alpha value is -1.33. The molecule has 3 rings (SSSR count). The summed E-state index contributed by atoms with van der Waals surface area (Å²) in [5, 5.41) is 8.92. The summed E-state index contributed by atoms with van der Waals surface area (Å²) >= 11 is 0. The molecule has 1 saturated carbocycles. The molecular weight excluding hydrogens is 242 g/mol. The molecule has 0 atom stereocenters. The highest BCUT2D eigenvalue weighted by molar-refractivity contribution is 5.93. The second-order valence-corrected chi connectivity index (χ2v) is 5.39. The molecule has 19 heavy (non-hydrogen) atoms. The second kappa shape index (κ2) is 5.35. The minimum absolute atomic E-state index is 0.153. The van der Waals surface area contributed by atoms with E-state index in [4.69, 9.17) is 5.11 Å². The van der Waals surface area contributed by atoms with Gasteiger partial charge in [-0.05, 0) is 25.0 Å². The van der Waals surface area contributed by atoms with E-state index in [9.17, 15) is 4.79 Å². The van der Waals surface area contributed by atoms with Gasteiger partial charge < -0.3 is 14.6 Å². The van der Waals surface area contributed by atoms with Gasteiger partial charge in [0.15, 0.2) is 0 Å². The van der Waals surface area contributed by atoms with Crippen molar-refractivity contribution in [1.82, 2.24) is 14.4 Å². The van der Waals surface area contributed by atoms with Gasteiger partial charge in [-0.1, -0.05) is 0 Å². The minimum Gasteiger partial charge on any atom is -0.395 e. The van der Waals surface area contributed by atoms with Crippen molar-refractivity contribution >= 4 is 5.91 Å². The van der Waals surface area contributed by atoms with Gasteiger partial charge in [0.2, 0.25) is 0 Å². The molecule has 5 nitrogen and oxygen atoms in total. The molecule has 0 radical (unpaired) electrons. The zero-order chi connectivity index (χ0) is 13.2. The summed E-state index contributed by atoms with van der Waals surface area (Å²) in [7, 11) is 0. The number of aromatic nitrogens is 1. The maximum atomic E-state index is 12.5. The molecule has 0 spiro atoms. The lowest BCUT2D eigenvalue weighted by molar-refractivity contribution is 0.0604. The van der Waals surface area contributed by atoms with Crippen LogP contribution in [0.3, 0.4) is 0 Å². The quantitative estimate of drug-likeness (QED) is 0.864. The number of rotatable bonds is 4. The van der Waals surface area contributed by atoms with Crippen molar-refractivity contribution < 1.29 is 9.90 Å². The van der Waals surface area contributed by atoms with Gasteiger partial charge in [-0.25, -0.2) is 0 Å². The minimum atomic E-state index is 0.153. The molecule has 1 aromatic rings. The van der Waals surface area contributed by atoms with Crippen LogP contribution in [0.4, 0.5) is 0 Å². The zero-order valence-electron chi connectivity index (χ0n) is 11.2. The normalized spacial score (nSPS) is 20.8. The molecule has 2 heterocycles. The highest BCUT2D eigenvalue weighted by Gasteiger charge is 2.29. The van der Waals surface area contributed by atoms with Crippen molar-refractivity contribution in [3.05, 3.63) is 24.0 Å². The third-order valence-corrected chi connectivity index (χ3v) is 4.01. The van der Waals surface area contributed by atoms with Crippen LogP contribution in [0.1, 0.15) is 29.4 Å². The fourth-order valence-corrected chi connectivity index (χ4v) is 2.72. The predicted molar refractivity (Wildman–Crippen MR) is 72.1 cm³/mol. The van der Waals surface area contributed by atoms with Crippen LogP contribution in [0.25, 0.3) is 0 Å². The molecule has 2 aliphatic rings. The van der Waals surface area contributed by atoms with Crippen molar-refractivity contribution in [1.29, 1.82) is 0 Å². The molecule has 1 amide bonds. The number of hydrogen-bond acceptors (Lipinski definition) is 3. The number of amides is 1. The number of piperazine rings is 1. The van der Waals surface area contributed by atoms with Gasteiger partial charge in [0, 0.05) is 45.0 Å². The summed E-state index contributed by atoms with van der Waals surface area (Å²) in [6.45, 7) is 4.13. The van der Waals surface area contributed by atoms with Gasteiger partial charge in [-0.2, -0.15) is 0 Å². The summed E-state index contributed by atoms with van der Waals surface area (Å²) in [6.07, 6.45) is 4.41. The van der Waals surface area contributed by atoms with Crippen molar-refractivity contribution in [2.75, 3.05) is 39.3 Å². The molecule has 1 saturated heterocycles. The van der Waals surface area contributed by atoms with E-state index in [-0.39, 0.29) is 12.5 Å². The van der Waals surface area contributed by atoms with Gasteiger partial charge in [-0.15, -0.1) is 0 Å². The Morgan fingerprint density at radius 3 is 2.63 bits per heavy atom. The summed E-state index contributed by atoms with van der Waals surface area (Å²) in [5.41, 5.74) is 0.832. The Morgan fingerprint density at radius 2 is 2.00 bits per heavy atom. The fraction of sp³-hybridized carbons (Fsp3) is 0.643. The van der Waals surface area contributed by atoms with E-state index in [1.807, 2.05) is 23.2 Å². The zero-order valence-corrected chi connectivity index (χ0v) is 11.2. The largest absolute Gasteiger partial charge is 0.395 e. The summed E-state index contributed by atoms with van der Waals surface area (Å²) < 4.78 is 2.13. The third-order valence-electron chi connectivity index (χ3n) is 4.01. The Bertz CT molecular complexity index is 445. The highest BCUT2D eigenvalue weighted by Crippen LogP contribution is 2.36. The first kappa shape index (κ1) is 12.7. The monoisotopic (exact) mass is 263 g/mol. The molecule has 0 unspecified atom stereocenters. The molecule has 1 aromatic heterocycles. The van der Waals surface area contributed by atoms with Gasteiger partial charge in [0.1, 0.15) is 5.69 Å². The first-order valence-electron chi connectivity index (χ1n) is 7.09. The maximum absolute atomic E-state index is 12.5. The Morgan fingerprint density at radius 1 is 1.26 bits per heavy atom. The molecular formula is C14H21N3O2. The van der Waals surface area contributed by atoms with E-state index in [0.29, 0.717) is 12.6 Å². The molecule has 5 heteroatoms. The van der Waals surface area contributed by atoms with Crippen molar-refractivity contribution in [3.8, 4) is 0 Å². The molecule has 1 aliphatic carbocycles. The van der Waals surface area contributed by atoms with Gasteiger partial charge in [0.05, 0.1) is 6.61 Å². The number of β-amino-alcohol motifs (C(OH)–C–C–N with tert-alkyl or cyclic N) is 1. The van der Waals surface area contributed by atoms with E-state index in [0.717, 1.165) is 31.9 Å². The van der Waals surface area contributed by atoms with E-state index in [1.165, 1.54) is 12.8 Å². The lowest BCUT2D eigenvalue weighted by Crippen LogP contribution is -2.49. The number of nitrogens with zero attached hydrogens (tertiary/aromatic N) is 3. The number of hydrogen-bond donors (Lipinski definition) is 1. The standard InChI is InChI=1S/C14H21N3O2/c18-11-10-15-6-8-16(9-7-15)14(19)13-2-1-5-17(13)12-3-4-12/h1-2,5,12,18H,3-4,6-11H2. The van der Waals surface area contributed by atoms with E-state index >= 15 is 0 Å². The molecule has 1 aliphatic heterocycles. The average molecular weight is 263 g/mol. The van der Waals surface area contributed by atoms with Crippen molar-refractivity contribution in [3.63, 3.8) is 0 Å². The first-order valence-corrected chi connectivity index (χ1v) is 7.09. The number of carbonyl (C=O) groups excluding carboxylic acids is 1. The lowest BCUT2D eigenvalue weighted by Gasteiger charge is -2.34. The molecule has 0 aromatic carbocycles. The summed E-state index contributed by atoms with van der Waals surface area (Å²) in [4.78, 5) is 16.6. The SMILES string of the molecule is O=C(c1cccn1C1CC1)N1CCN(CCO)CC1. The van der Waals surface area contributed by atoms with Crippen LogP contribution in [0.15, 0.2) is 18.3 Å². The van der Waals surface area contributed by atoms with Crippen LogP contribution in [-0.2, 0) is 0 Å². The number of aliphatic hydroxyl groups excluding tert-OH is 1. The van der Waals surface area contributed by atoms with Gasteiger partial charge in [-0.3, -0.25) is 9.69 Å². The molecule has 0 bridgehead atoms. The highest BCUT2D eigenvalue weighted by atomic mass is 16.3. The summed E-state index contributed by atoms with van der Waals surface area (Å²) in [5.74, 6) is 0.153. The average Bonchev–Trinajstić information content (AvgIpc) is 3.17. The van der Waals surface area contributed by atoms with Crippen LogP contribution < -0.4 is 0 Å². The molecule has 1 N–H and O–H groups in total. The van der Waals surface area contributed by atoms with Crippen molar-refractivity contribution in [2.24, 2.45) is 0 Å². The summed E-state index contributed by atoms with van der Waals surface area (Å²) in [6, 6.07) is 4.44. The Kier molecular flexibility index (Phi) is 3.57. The van der Waals surface area contributed by atoms with E-state index in [2.05, 4.69) is 9.47 Å². The van der Waals surface area contributed by atoms with E-state index in [1.54, 1.807) is 0 Å². The number of aliphatic hydroxyl groups is 1. The van der Waals surface area contributed by atoms with Crippen LogP contribution in [0, 0.1) is 0 Å². The maximum Gasteiger partial charge on any atom is 0.270 e. The van der Waals surface area contributed by atoms with Crippen LogP contribution >= 0.6 is 0 Å². The van der Waals surface area contributed by atoms with Gasteiger partial charge >= 0.3 is 0 Å². The Balaban J connectivity index is 1.63. The Labute approximate surface area is 113 Å². The van der Waals surface area contributed by atoms with Crippen LogP contribution in [0.2, 0.25) is 0 Å². The smallest absolute Gasteiger partial charge is 0.270 e. The molecule has 2 fully saturated rings. The molecule has 104 valence electrons. The predicted octanol–water partition coefficient (Wildman–Crippen LogP) is 0.573. The van der Waals surface area contributed by atoms with E-state index < -0.39 is 0 Å². The lowest BCUT2D eigenvalue weighted by atomic mass is 10.2. The van der Waals surface area contributed by atoms with Crippen molar-refractivity contribution in [2.45, 2.75) is 18.9 Å². The fourth-order valence-electron chi connectivity index (χ4n) is 2.72. The van der Waals surface area contributed by atoms with Crippen LogP contribution in [-0.4, -0.2) is 64.7 Å².